The predicted octanol–water partition coefficient (Wildman–Crippen LogP) is 7.08. The van der Waals surface area contributed by atoms with E-state index in [1.54, 1.807) is 0 Å². The maximum atomic E-state index is 7.86. The van der Waals surface area contributed by atoms with E-state index in [9.17, 15) is 0 Å². The minimum absolute atomic E-state index is 0.588. The lowest BCUT2D eigenvalue weighted by Gasteiger charge is -2.09. The zero-order valence-corrected chi connectivity index (χ0v) is 15.3. The van der Waals surface area contributed by atoms with E-state index in [4.69, 9.17) is 5.41 Å². The van der Waals surface area contributed by atoms with Gasteiger partial charge in [-0.15, -0.1) is 0 Å². The molecule has 4 aromatic carbocycles. The summed E-state index contributed by atoms with van der Waals surface area (Å²) in [5.41, 5.74) is 8.72. The molecule has 0 aliphatic carbocycles. The molecule has 0 bridgehead atoms. The molecule has 0 heterocycles. The summed E-state index contributed by atoms with van der Waals surface area (Å²) in [4.78, 5) is 0. The van der Waals surface area contributed by atoms with E-state index in [1.807, 2.05) is 25.1 Å². The molecular weight excluding hydrogens is 326 g/mol. The van der Waals surface area contributed by atoms with E-state index >= 15 is 0 Å². The Labute approximate surface area is 160 Å². The summed E-state index contributed by atoms with van der Waals surface area (Å²) < 4.78 is 0. The SMILES string of the molecule is CC(=N)c1cccc(-c2cccc(-c3ccc(-c4ccccc4)cc3)c2)c1. The van der Waals surface area contributed by atoms with Crippen LogP contribution < -0.4 is 0 Å². The second-order valence-corrected chi connectivity index (χ2v) is 6.73. The summed E-state index contributed by atoms with van der Waals surface area (Å²) >= 11 is 0. The van der Waals surface area contributed by atoms with Gasteiger partial charge in [0, 0.05) is 5.71 Å². The Hall–Kier alpha value is -3.45. The first-order valence-corrected chi connectivity index (χ1v) is 9.12. The molecule has 130 valence electrons. The predicted molar refractivity (Wildman–Crippen MR) is 115 cm³/mol. The Morgan fingerprint density at radius 1 is 0.481 bits per heavy atom. The lowest BCUT2D eigenvalue weighted by Crippen LogP contribution is -1.92. The van der Waals surface area contributed by atoms with Crippen molar-refractivity contribution in [2.75, 3.05) is 0 Å². The highest BCUT2D eigenvalue weighted by molar-refractivity contribution is 5.97. The standard InChI is InChI=1S/C26H21N/c1-19(27)23-9-5-11-25(17-23)26-12-6-10-24(18-26)22-15-13-21(14-16-22)20-7-3-2-4-8-20/h2-18,27H,1H3. The van der Waals surface area contributed by atoms with Gasteiger partial charge in [0.25, 0.3) is 0 Å². The molecule has 1 N–H and O–H groups in total. The lowest BCUT2D eigenvalue weighted by molar-refractivity contribution is 1.45. The number of rotatable bonds is 4. The highest BCUT2D eigenvalue weighted by Crippen LogP contribution is 2.29. The van der Waals surface area contributed by atoms with E-state index in [0.29, 0.717) is 5.71 Å². The van der Waals surface area contributed by atoms with Gasteiger partial charge in [-0.05, 0) is 58.0 Å². The highest BCUT2D eigenvalue weighted by atomic mass is 14.4. The number of benzene rings is 4. The summed E-state index contributed by atoms with van der Waals surface area (Å²) in [6.07, 6.45) is 0. The van der Waals surface area contributed by atoms with Crippen LogP contribution in [0.1, 0.15) is 12.5 Å². The lowest BCUT2D eigenvalue weighted by atomic mass is 9.96. The highest BCUT2D eigenvalue weighted by Gasteiger charge is 2.04. The van der Waals surface area contributed by atoms with Crippen LogP contribution in [0.4, 0.5) is 0 Å². The Morgan fingerprint density at radius 2 is 0.926 bits per heavy atom. The van der Waals surface area contributed by atoms with Crippen LogP contribution in [0.2, 0.25) is 0 Å². The van der Waals surface area contributed by atoms with Crippen molar-refractivity contribution in [1.82, 2.24) is 0 Å². The summed E-state index contributed by atoms with van der Waals surface area (Å²) in [5, 5.41) is 7.86. The second-order valence-electron chi connectivity index (χ2n) is 6.73. The number of nitrogens with one attached hydrogen (secondary N) is 1. The van der Waals surface area contributed by atoms with Gasteiger partial charge in [0.2, 0.25) is 0 Å². The largest absolute Gasteiger partial charge is 0.305 e. The van der Waals surface area contributed by atoms with Gasteiger partial charge in [0.05, 0.1) is 0 Å². The fourth-order valence-electron chi connectivity index (χ4n) is 3.30. The van der Waals surface area contributed by atoms with Crippen LogP contribution in [0, 0.1) is 5.41 Å². The van der Waals surface area contributed by atoms with Gasteiger partial charge in [-0.1, -0.05) is 91.0 Å². The molecule has 4 rings (SSSR count). The van der Waals surface area contributed by atoms with Crippen LogP contribution in [0.25, 0.3) is 33.4 Å². The van der Waals surface area contributed by atoms with Crippen LogP contribution in [0.15, 0.2) is 103 Å². The minimum atomic E-state index is 0.588. The van der Waals surface area contributed by atoms with Crippen LogP contribution >= 0.6 is 0 Å². The van der Waals surface area contributed by atoms with Crippen molar-refractivity contribution < 1.29 is 0 Å². The molecule has 0 fully saturated rings. The first-order valence-electron chi connectivity index (χ1n) is 9.12. The van der Waals surface area contributed by atoms with Crippen molar-refractivity contribution in [1.29, 1.82) is 5.41 Å². The van der Waals surface area contributed by atoms with E-state index in [0.717, 1.165) is 11.1 Å². The van der Waals surface area contributed by atoms with Crippen LogP contribution in [0.5, 0.6) is 0 Å². The Bertz CT molecular complexity index is 1080. The molecule has 0 atom stereocenters. The first kappa shape index (κ1) is 17.0. The van der Waals surface area contributed by atoms with Crippen LogP contribution in [-0.2, 0) is 0 Å². The van der Waals surface area contributed by atoms with Crippen molar-refractivity contribution in [2.24, 2.45) is 0 Å². The normalized spacial score (nSPS) is 10.6. The molecule has 0 spiro atoms. The zero-order chi connectivity index (χ0) is 18.6. The molecule has 27 heavy (non-hydrogen) atoms. The van der Waals surface area contributed by atoms with Crippen molar-refractivity contribution in [3.8, 4) is 33.4 Å². The van der Waals surface area contributed by atoms with E-state index < -0.39 is 0 Å². The molecule has 0 aromatic heterocycles. The second kappa shape index (κ2) is 7.43. The summed E-state index contributed by atoms with van der Waals surface area (Å²) in [6.45, 7) is 1.82. The maximum absolute atomic E-state index is 7.86. The van der Waals surface area contributed by atoms with Gasteiger partial charge < -0.3 is 5.41 Å². The first-order chi connectivity index (χ1) is 13.2. The molecule has 0 amide bonds. The van der Waals surface area contributed by atoms with Crippen LogP contribution in [-0.4, -0.2) is 5.71 Å². The van der Waals surface area contributed by atoms with Crippen molar-refractivity contribution in [3.05, 3.63) is 109 Å². The third-order valence-corrected chi connectivity index (χ3v) is 4.82. The van der Waals surface area contributed by atoms with Gasteiger partial charge in [0.15, 0.2) is 0 Å². The van der Waals surface area contributed by atoms with Gasteiger partial charge in [0.1, 0.15) is 0 Å². The zero-order valence-electron chi connectivity index (χ0n) is 15.3. The van der Waals surface area contributed by atoms with Crippen molar-refractivity contribution in [2.45, 2.75) is 6.92 Å². The van der Waals surface area contributed by atoms with Crippen molar-refractivity contribution >= 4 is 5.71 Å². The third-order valence-electron chi connectivity index (χ3n) is 4.82. The monoisotopic (exact) mass is 347 g/mol. The molecule has 0 saturated carbocycles. The van der Waals surface area contributed by atoms with E-state index in [1.165, 1.54) is 27.8 Å². The molecule has 0 aliphatic heterocycles. The smallest absolute Gasteiger partial charge is 0.0355 e. The average molecular weight is 347 g/mol. The van der Waals surface area contributed by atoms with Gasteiger partial charge in [-0.3, -0.25) is 0 Å². The Kier molecular flexibility index (Phi) is 4.67. The topological polar surface area (TPSA) is 23.9 Å². The number of hydrogen-bond acceptors (Lipinski definition) is 1. The molecular formula is C26H21N. The molecule has 1 nitrogen and oxygen atoms in total. The van der Waals surface area contributed by atoms with E-state index in [2.05, 4.69) is 84.9 Å². The van der Waals surface area contributed by atoms with Gasteiger partial charge >= 0.3 is 0 Å². The van der Waals surface area contributed by atoms with Crippen LogP contribution in [0.3, 0.4) is 0 Å². The summed E-state index contributed by atoms with van der Waals surface area (Å²) in [5.74, 6) is 0. The molecule has 0 radical (unpaired) electrons. The molecule has 0 saturated heterocycles. The molecule has 0 unspecified atom stereocenters. The van der Waals surface area contributed by atoms with Crippen molar-refractivity contribution in [3.63, 3.8) is 0 Å². The Balaban J connectivity index is 1.67. The minimum Gasteiger partial charge on any atom is -0.305 e. The fourth-order valence-corrected chi connectivity index (χ4v) is 3.30. The summed E-state index contributed by atoms with van der Waals surface area (Å²) in [6, 6.07) is 35.9. The molecule has 1 heteroatoms. The Morgan fingerprint density at radius 3 is 1.56 bits per heavy atom. The van der Waals surface area contributed by atoms with Gasteiger partial charge in [-0.25, -0.2) is 0 Å². The quantitative estimate of drug-likeness (QED) is 0.382. The van der Waals surface area contributed by atoms with E-state index in [-0.39, 0.29) is 0 Å². The summed E-state index contributed by atoms with van der Waals surface area (Å²) in [7, 11) is 0. The number of hydrogen-bond donors (Lipinski definition) is 1. The fraction of sp³-hybridized carbons (Fsp3) is 0.0385. The van der Waals surface area contributed by atoms with Gasteiger partial charge in [-0.2, -0.15) is 0 Å². The average Bonchev–Trinajstić information content (AvgIpc) is 2.75. The third kappa shape index (κ3) is 3.73. The molecule has 4 aromatic rings. The maximum Gasteiger partial charge on any atom is 0.0355 e. The molecule has 0 aliphatic rings.